The Morgan fingerprint density at radius 2 is 1.86 bits per heavy atom. The summed E-state index contributed by atoms with van der Waals surface area (Å²) < 4.78 is 26.8. The Hall–Kier alpha value is -1.40. The van der Waals surface area contributed by atoms with Gasteiger partial charge >= 0.3 is 0 Å². The molecular formula is C15H16ClNO3S. The van der Waals surface area contributed by atoms with Crippen molar-refractivity contribution >= 4 is 21.6 Å². The molecule has 0 radical (unpaired) electrons. The highest BCUT2D eigenvalue weighted by molar-refractivity contribution is 7.89. The maximum Gasteiger partial charge on any atom is 0.240 e. The number of nitrogens with one attached hydrogen (secondary N) is 1. The molecule has 2 rings (SSSR count). The number of aliphatic hydroxyl groups is 1. The third-order valence-electron chi connectivity index (χ3n) is 3.03. The number of hydrogen-bond donors (Lipinski definition) is 2. The van der Waals surface area contributed by atoms with Gasteiger partial charge in [0.1, 0.15) is 0 Å². The van der Waals surface area contributed by atoms with Gasteiger partial charge in [0, 0.05) is 11.6 Å². The van der Waals surface area contributed by atoms with Crippen LogP contribution in [0.1, 0.15) is 24.2 Å². The van der Waals surface area contributed by atoms with Crippen molar-refractivity contribution in [1.29, 1.82) is 0 Å². The summed E-state index contributed by atoms with van der Waals surface area (Å²) in [5, 5.41) is 9.98. The van der Waals surface area contributed by atoms with Crippen molar-refractivity contribution in [3.63, 3.8) is 0 Å². The standard InChI is InChI=1S/C15H16ClNO3S/c1-11(18)13-5-7-15(8-6-13)21(19,20)17-10-12-3-2-4-14(16)9-12/h2-9,11,17-18H,10H2,1H3. The summed E-state index contributed by atoms with van der Waals surface area (Å²) in [5.74, 6) is 0. The molecule has 0 saturated carbocycles. The summed E-state index contributed by atoms with van der Waals surface area (Å²) in [6.45, 7) is 1.79. The monoisotopic (exact) mass is 325 g/mol. The van der Waals surface area contributed by atoms with Gasteiger partial charge in [-0.1, -0.05) is 35.9 Å². The van der Waals surface area contributed by atoms with Gasteiger partial charge in [0.25, 0.3) is 0 Å². The van der Waals surface area contributed by atoms with Crippen molar-refractivity contribution in [2.24, 2.45) is 0 Å². The summed E-state index contributed by atoms with van der Waals surface area (Å²) in [5.41, 5.74) is 1.45. The van der Waals surface area contributed by atoms with E-state index in [0.717, 1.165) is 5.56 Å². The van der Waals surface area contributed by atoms with E-state index in [-0.39, 0.29) is 11.4 Å². The van der Waals surface area contributed by atoms with E-state index >= 15 is 0 Å². The smallest absolute Gasteiger partial charge is 0.240 e. The first-order chi connectivity index (χ1) is 9.88. The van der Waals surface area contributed by atoms with Crippen LogP contribution in [-0.2, 0) is 16.6 Å². The third-order valence-corrected chi connectivity index (χ3v) is 4.68. The highest BCUT2D eigenvalue weighted by Gasteiger charge is 2.14. The summed E-state index contributed by atoms with van der Waals surface area (Å²) in [7, 11) is -3.59. The molecule has 2 aromatic rings. The number of halogens is 1. The average molecular weight is 326 g/mol. The van der Waals surface area contributed by atoms with Crippen LogP contribution in [0.5, 0.6) is 0 Å². The van der Waals surface area contributed by atoms with E-state index < -0.39 is 16.1 Å². The Morgan fingerprint density at radius 3 is 2.43 bits per heavy atom. The van der Waals surface area contributed by atoms with E-state index in [1.807, 2.05) is 0 Å². The second-order valence-corrected chi connectivity index (χ2v) is 6.90. The molecule has 0 aliphatic carbocycles. The summed E-state index contributed by atoms with van der Waals surface area (Å²) in [6, 6.07) is 13.1. The molecule has 0 heterocycles. The zero-order valence-corrected chi connectivity index (χ0v) is 13.0. The fraction of sp³-hybridized carbons (Fsp3) is 0.200. The van der Waals surface area contributed by atoms with Crippen molar-refractivity contribution in [3.05, 3.63) is 64.7 Å². The predicted molar refractivity (Wildman–Crippen MR) is 82.6 cm³/mol. The first-order valence-electron chi connectivity index (χ1n) is 6.40. The molecule has 0 fully saturated rings. The van der Waals surface area contributed by atoms with Crippen LogP contribution >= 0.6 is 11.6 Å². The number of rotatable bonds is 5. The third kappa shape index (κ3) is 4.28. The number of aliphatic hydroxyl groups excluding tert-OH is 1. The number of benzene rings is 2. The van der Waals surface area contributed by atoms with Gasteiger partial charge in [-0.3, -0.25) is 0 Å². The normalized spacial score (nSPS) is 13.1. The minimum atomic E-state index is -3.59. The lowest BCUT2D eigenvalue weighted by Gasteiger charge is -2.09. The second kappa shape index (κ2) is 6.58. The van der Waals surface area contributed by atoms with Crippen LogP contribution < -0.4 is 4.72 Å². The molecule has 2 N–H and O–H groups in total. The van der Waals surface area contributed by atoms with Crippen molar-refractivity contribution in [2.75, 3.05) is 0 Å². The van der Waals surface area contributed by atoms with Crippen LogP contribution in [0.3, 0.4) is 0 Å². The highest BCUT2D eigenvalue weighted by Crippen LogP contribution is 2.16. The van der Waals surface area contributed by atoms with E-state index in [2.05, 4.69) is 4.72 Å². The molecule has 0 amide bonds. The van der Waals surface area contributed by atoms with Crippen LogP contribution in [-0.4, -0.2) is 13.5 Å². The maximum absolute atomic E-state index is 12.2. The molecule has 0 aliphatic heterocycles. The fourth-order valence-electron chi connectivity index (χ4n) is 1.83. The van der Waals surface area contributed by atoms with E-state index in [4.69, 9.17) is 11.6 Å². The number of hydrogen-bond acceptors (Lipinski definition) is 3. The van der Waals surface area contributed by atoms with Crippen molar-refractivity contribution in [3.8, 4) is 0 Å². The molecule has 0 bridgehead atoms. The van der Waals surface area contributed by atoms with Crippen LogP contribution in [0, 0.1) is 0 Å². The minimum Gasteiger partial charge on any atom is -0.389 e. The van der Waals surface area contributed by atoms with Crippen LogP contribution in [0.2, 0.25) is 5.02 Å². The minimum absolute atomic E-state index is 0.161. The van der Waals surface area contributed by atoms with Crippen LogP contribution in [0.4, 0.5) is 0 Å². The van der Waals surface area contributed by atoms with Crippen molar-refractivity contribution in [1.82, 2.24) is 4.72 Å². The van der Waals surface area contributed by atoms with E-state index in [1.165, 1.54) is 12.1 Å². The molecule has 4 nitrogen and oxygen atoms in total. The largest absolute Gasteiger partial charge is 0.389 e. The fourth-order valence-corrected chi connectivity index (χ4v) is 3.06. The van der Waals surface area contributed by atoms with Gasteiger partial charge in [-0.05, 0) is 42.3 Å². The maximum atomic E-state index is 12.2. The molecule has 1 atom stereocenters. The summed E-state index contributed by atoms with van der Waals surface area (Å²) in [6.07, 6.45) is -0.624. The van der Waals surface area contributed by atoms with Crippen LogP contribution in [0.15, 0.2) is 53.4 Å². The lowest BCUT2D eigenvalue weighted by Crippen LogP contribution is -2.23. The number of sulfonamides is 1. The van der Waals surface area contributed by atoms with Crippen molar-refractivity contribution < 1.29 is 13.5 Å². The topological polar surface area (TPSA) is 66.4 Å². The highest BCUT2D eigenvalue weighted by atomic mass is 35.5. The predicted octanol–water partition coefficient (Wildman–Crippen LogP) is 2.87. The quantitative estimate of drug-likeness (QED) is 0.888. The SMILES string of the molecule is CC(O)c1ccc(S(=O)(=O)NCc2cccc(Cl)c2)cc1. The molecular weight excluding hydrogens is 310 g/mol. The van der Waals surface area contributed by atoms with Gasteiger partial charge in [0.05, 0.1) is 11.0 Å². The van der Waals surface area contributed by atoms with Gasteiger partial charge in [0.15, 0.2) is 0 Å². The Balaban J connectivity index is 2.11. The molecule has 6 heteroatoms. The van der Waals surface area contributed by atoms with Crippen LogP contribution in [0.25, 0.3) is 0 Å². The average Bonchev–Trinajstić information content (AvgIpc) is 2.45. The lowest BCUT2D eigenvalue weighted by atomic mass is 10.1. The molecule has 1 unspecified atom stereocenters. The Morgan fingerprint density at radius 1 is 1.19 bits per heavy atom. The zero-order chi connectivity index (χ0) is 15.5. The summed E-state index contributed by atoms with van der Waals surface area (Å²) >= 11 is 5.86. The first kappa shape index (κ1) is 16.0. The van der Waals surface area contributed by atoms with E-state index in [1.54, 1.807) is 43.3 Å². The van der Waals surface area contributed by atoms with Gasteiger partial charge in [-0.25, -0.2) is 13.1 Å². The molecule has 21 heavy (non-hydrogen) atoms. The lowest BCUT2D eigenvalue weighted by molar-refractivity contribution is 0.199. The Labute approximate surface area is 129 Å². The van der Waals surface area contributed by atoms with Crippen molar-refractivity contribution in [2.45, 2.75) is 24.5 Å². The van der Waals surface area contributed by atoms with Gasteiger partial charge in [-0.15, -0.1) is 0 Å². The first-order valence-corrected chi connectivity index (χ1v) is 8.27. The molecule has 112 valence electrons. The van der Waals surface area contributed by atoms with E-state index in [9.17, 15) is 13.5 Å². The van der Waals surface area contributed by atoms with Gasteiger partial charge < -0.3 is 5.11 Å². The molecule has 0 aliphatic rings. The van der Waals surface area contributed by atoms with Gasteiger partial charge in [-0.2, -0.15) is 0 Å². The second-order valence-electron chi connectivity index (χ2n) is 4.70. The molecule has 2 aromatic carbocycles. The summed E-state index contributed by atoms with van der Waals surface area (Å²) in [4.78, 5) is 0.161. The Bertz CT molecular complexity index is 712. The molecule has 0 spiro atoms. The van der Waals surface area contributed by atoms with Gasteiger partial charge in [0.2, 0.25) is 10.0 Å². The zero-order valence-electron chi connectivity index (χ0n) is 11.5. The molecule has 0 aromatic heterocycles. The Kier molecular flexibility index (Phi) is 5.00. The van der Waals surface area contributed by atoms with E-state index in [0.29, 0.717) is 10.6 Å². The molecule has 0 saturated heterocycles.